The zero-order chi connectivity index (χ0) is 14.8. The molecule has 0 radical (unpaired) electrons. The first kappa shape index (κ1) is 15.1. The molecule has 1 aliphatic heterocycles. The molecule has 0 spiro atoms. The molecule has 20 heavy (non-hydrogen) atoms. The number of methoxy groups -OCH3 is 1. The van der Waals surface area contributed by atoms with Gasteiger partial charge in [0.2, 0.25) is 5.91 Å². The molecule has 0 unspecified atom stereocenters. The summed E-state index contributed by atoms with van der Waals surface area (Å²) in [5, 5.41) is 0. The Labute approximate surface area is 122 Å². The maximum atomic E-state index is 12.0. The van der Waals surface area contributed by atoms with Crippen molar-refractivity contribution in [3.63, 3.8) is 0 Å². The quantitative estimate of drug-likeness (QED) is 0.794. The number of hydrogen-bond acceptors (Lipinski definition) is 4. The number of benzene rings is 1. The van der Waals surface area contributed by atoms with E-state index in [-0.39, 0.29) is 23.0 Å². The van der Waals surface area contributed by atoms with Crippen LogP contribution in [0.15, 0.2) is 23.1 Å². The van der Waals surface area contributed by atoms with E-state index < -0.39 is 9.05 Å². The number of rotatable bonds is 4. The third-order valence-corrected chi connectivity index (χ3v) is 4.65. The predicted molar refractivity (Wildman–Crippen MR) is 75.6 cm³/mol. The number of nitrogens with zero attached hydrogens (tertiary/aromatic N) is 1. The van der Waals surface area contributed by atoms with Crippen LogP contribution in [0.4, 0.5) is 0 Å². The zero-order valence-electron chi connectivity index (χ0n) is 11.1. The lowest BCUT2D eigenvalue weighted by Gasteiger charge is -2.15. The summed E-state index contributed by atoms with van der Waals surface area (Å²) in [4.78, 5) is 13.7. The van der Waals surface area contributed by atoms with Crippen molar-refractivity contribution in [1.29, 1.82) is 0 Å². The smallest absolute Gasteiger partial charge is 0.264 e. The highest BCUT2D eigenvalue weighted by molar-refractivity contribution is 8.13. The van der Waals surface area contributed by atoms with Gasteiger partial charge in [-0.3, -0.25) is 4.79 Å². The lowest BCUT2D eigenvalue weighted by atomic mass is 10.1. The molecule has 1 heterocycles. The first-order valence-electron chi connectivity index (χ1n) is 6.31. The van der Waals surface area contributed by atoms with E-state index in [1.807, 2.05) is 0 Å². The van der Waals surface area contributed by atoms with E-state index in [0.717, 1.165) is 25.9 Å². The topological polar surface area (TPSA) is 63.7 Å². The van der Waals surface area contributed by atoms with Crippen molar-refractivity contribution in [2.24, 2.45) is 0 Å². The van der Waals surface area contributed by atoms with Crippen molar-refractivity contribution >= 4 is 25.6 Å². The molecule has 0 N–H and O–H groups in total. The molecule has 0 bridgehead atoms. The maximum Gasteiger partial charge on any atom is 0.264 e. The van der Waals surface area contributed by atoms with Crippen molar-refractivity contribution in [3.05, 3.63) is 23.8 Å². The van der Waals surface area contributed by atoms with Gasteiger partial charge in [-0.1, -0.05) is 6.07 Å². The van der Waals surface area contributed by atoms with Crippen LogP contribution in [0.1, 0.15) is 18.4 Å². The fourth-order valence-electron chi connectivity index (χ4n) is 2.27. The largest absolute Gasteiger partial charge is 0.495 e. The highest BCUT2D eigenvalue weighted by Gasteiger charge is 2.21. The number of hydrogen-bond donors (Lipinski definition) is 0. The van der Waals surface area contributed by atoms with Crippen LogP contribution in [0, 0.1) is 0 Å². The van der Waals surface area contributed by atoms with Gasteiger partial charge in [0.1, 0.15) is 10.6 Å². The van der Waals surface area contributed by atoms with Crippen LogP contribution in [-0.2, 0) is 20.3 Å². The molecule has 7 heteroatoms. The molecule has 1 aliphatic rings. The summed E-state index contributed by atoms with van der Waals surface area (Å²) < 4.78 is 28.0. The summed E-state index contributed by atoms with van der Waals surface area (Å²) in [7, 11) is 2.85. The molecule has 0 aromatic heterocycles. The second-order valence-corrected chi connectivity index (χ2v) is 7.22. The standard InChI is InChI=1S/C13H16ClNO4S/c1-19-11-5-4-10(8-12(11)20(14,17)18)9-13(16)15-6-2-3-7-15/h4-5,8H,2-3,6-7,9H2,1H3. The molecular weight excluding hydrogens is 302 g/mol. The van der Waals surface area contributed by atoms with Gasteiger partial charge in [-0.05, 0) is 30.5 Å². The van der Waals surface area contributed by atoms with Crippen LogP contribution in [0.2, 0.25) is 0 Å². The Hall–Kier alpha value is -1.27. The molecule has 110 valence electrons. The third kappa shape index (κ3) is 3.43. The average molecular weight is 318 g/mol. The summed E-state index contributed by atoms with van der Waals surface area (Å²) in [6.07, 6.45) is 2.22. The number of carbonyl (C=O) groups is 1. The van der Waals surface area contributed by atoms with Gasteiger partial charge < -0.3 is 9.64 Å². The Kier molecular flexibility index (Phi) is 4.55. The van der Waals surface area contributed by atoms with E-state index in [9.17, 15) is 13.2 Å². The van der Waals surface area contributed by atoms with Crippen LogP contribution in [0.3, 0.4) is 0 Å². The van der Waals surface area contributed by atoms with Crippen molar-refractivity contribution in [2.75, 3.05) is 20.2 Å². The molecule has 1 aromatic rings. The molecule has 5 nitrogen and oxygen atoms in total. The minimum absolute atomic E-state index is 0.00517. The molecule has 2 rings (SSSR count). The Morgan fingerprint density at radius 2 is 2.00 bits per heavy atom. The third-order valence-electron chi connectivity index (χ3n) is 3.30. The Bertz CT molecular complexity index is 609. The zero-order valence-corrected chi connectivity index (χ0v) is 12.7. The highest BCUT2D eigenvalue weighted by Crippen LogP contribution is 2.28. The molecule has 0 atom stereocenters. The monoisotopic (exact) mass is 317 g/mol. The summed E-state index contributed by atoms with van der Waals surface area (Å²) in [6.45, 7) is 1.55. The molecule has 0 saturated carbocycles. The van der Waals surface area contributed by atoms with E-state index in [1.54, 1.807) is 11.0 Å². The molecular formula is C13H16ClNO4S. The predicted octanol–water partition coefficient (Wildman–Crippen LogP) is 1.79. The van der Waals surface area contributed by atoms with Gasteiger partial charge in [-0.25, -0.2) is 8.42 Å². The van der Waals surface area contributed by atoms with E-state index in [0.29, 0.717) is 5.56 Å². The van der Waals surface area contributed by atoms with Crippen LogP contribution in [0.5, 0.6) is 5.75 Å². The number of carbonyl (C=O) groups excluding carboxylic acids is 1. The van der Waals surface area contributed by atoms with Crippen molar-refractivity contribution in [1.82, 2.24) is 4.90 Å². The van der Waals surface area contributed by atoms with Crippen molar-refractivity contribution in [3.8, 4) is 5.75 Å². The van der Waals surface area contributed by atoms with Crippen LogP contribution < -0.4 is 4.74 Å². The van der Waals surface area contributed by atoms with E-state index >= 15 is 0 Å². The molecule has 1 aromatic carbocycles. The number of ether oxygens (including phenoxy) is 1. The molecule has 1 saturated heterocycles. The van der Waals surface area contributed by atoms with Gasteiger partial charge in [-0.2, -0.15) is 0 Å². The highest BCUT2D eigenvalue weighted by atomic mass is 35.7. The number of amides is 1. The van der Waals surface area contributed by atoms with Gasteiger partial charge in [0, 0.05) is 23.8 Å². The van der Waals surface area contributed by atoms with E-state index in [1.165, 1.54) is 19.2 Å². The minimum atomic E-state index is -3.90. The first-order chi connectivity index (χ1) is 9.41. The Morgan fingerprint density at radius 3 is 2.55 bits per heavy atom. The van der Waals surface area contributed by atoms with Gasteiger partial charge in [0.15, 0.2) is 0 Å². The first-order valence-corrected chi connectivity index (χ1v) is 8.62. The molecule has 0 aliphatic carbocycles. The second-order valence-electron chi connectivity index (χ2n) is 4.69. The summed E-state index contributed by atoms with van der Waals surface area (Å²) >= 11 is 0. The normalized spacial score (nSPS) is 15.4. The van der Waals surface area contributed by atoms with Crippen LogP contribution in [-0.4, -0.2) is 39.4 Å². The summed E-state index contributed by atoms with van der Waals surface area (Å²) in [5.74, 6) is 0.183. The fraction of sp³-hybridized carbons (Fsp3) is 0.462. The van der Waals surface area contributed by atoms with Crippen molar-refractivity contribution < 1.29 is 17.9 Å². The summed E-state index contributed by atoms with van der Waals surface area (Å²) in [5.41, 5.74) is 0.613. The molecule has 1 fully saturated rings. The molecule has 1 amide bonds. The fourth-order valence-corrected chi connectivity index (χ4v) is 3.32. The average Bonchev–Trinajstić information content (AvgIpc) is 2.91. The Balaban J connectivity index is 2.23. The number of likely N-dealkylation sites (tertiary alicyclic amines) is 1. The SMILES string of the molecule is COc1ccc(CC(=O)N2CCCC2)cc1S(=O)(=O)Cl. The number of halogens is 1. The van der Waals surface area contributed by atoms with Crippen molar-refractivity contribution in [2.45, 2.75) is 24.2 Å². The lowest BCUT2D eigenvalue weighted by molar-refractivity contribution is -0.129. The summed E-state index contributed by atoms with van der Waals surface area (Å²) in [6, 6.07) is 4.59. The van der Waals surface area contributed by atoms with Gasteiger partial charge in [0.25, 0.3) is 9.05 Å². The lowest BCUT2D eigenvalue weighted by Crippen LogP contribution is -2.29. The minimum Gasteiger partial charge on any atom is -0.495 e. The van der Waals surface area contributed by atoms with Crippen LogP contribution >= 0.6 is 10.7 Å². The van der Waals surface area contributed by atoms with Gasteiger partial charge in [-0.15, -0.1) is 0 Å². The van der Waals surface area contributed by atoms with E-state index in [4.69, 9.17) is 15.4 Å². The maximum absolute atomic E-state index is 12.0. The van der Waals surface area contributed by atoms with E-state index in [2.05, 4.69) is 0 Å². The Morgan fingerprint density at radius 1 is 1.35 bits per heavy atom. The second kappa shape index (κ2) is 6.01. The van der Waals surface area contributed by atoms with Gasteiger partial charge >= 0.3 is 0 Å². The van der Waals surface area contributed by atoms with Crippen LogP contribution in [0.25, 0.3) is 0 Å². The van der Waals surface area contributed by atoms with Gasteiger partial charge in [0.05, 0.1) is 13.5 Å².